The second-order valence-electron chi connectivity index (χ2n) is 7.04. The van der Waals surface area contributed by atoms with Crippen molar-refractivity contribution >= 4 is 55.6 Å². The molecule has 4 rings (SSSR count). The fraction of sp³-hybridized carbons (Fsp3) is 0.400. The third-order valence-electron chi connectivity index (χ3n) is 5.10. The second-order valence-corrected chi connectivity index (χ2v) is 10.3. The lowest BCUT2D eigenvalue weighted by Gasteiger charge is -2.09. The Morgan fingerprint density at radius 3 is 2.90 bits per heavy atom. The molecule has 29 heavy (non-hydrogen) atoms. The predicted octanol–water partition coefficient (Wildman–Crippen LogP) is 4.29. The van der Waals surface area contributed by atoms with Gasteiger partial charge in [0.1, 0.15) is 21.7 Å². The predicted molar refractivity (Wildman–Crippen MR) is 120 cm³/mol. The summed E-state index contributed by atoms with van der Waals surface area (Å²) in [4.78, 5) is 35.1. The van der Waals surface area contributed by atoms with Gasteiger partial charge in [-0.3, -0.25) is 9.59 Å². The Hall–Kier alpha value is -2.15. The molecule has 0 radical (unpaired) electrons. The highest BCUT2D eigenvalue weighted by Gasteiger charge is 2.21. The number of hydrogen-bond acceptors (Lipinski definition) is 7. The summed E-state index contributed by atoms with van der Waals surface area (Å²) in [5.74, 6) is 1.11. The van der Waals surface area contributed by atoms with Gasteiger partial charge in [0.05, 0.1) is 22.5 Å². The number of thioether (sulfide) groups is 1. The van der Waals surface area contributed by atoms with Crippen LogP contribution in [0.25, 0.3) is 10.2 Å². The van der Waals surface area contributed by atoms with E-state index in [1.807, 2.05) is 13.8 Å². The van der Waals surface area contributed by atoms with Crippen LogP contribution >= 0.6 is 34.4 Å². The van der Waals surface area contributed by atoms with Crippen LogP contribution in [0.5, 0.6) is 0 Å². The smallest absolute Gasteiger partial charge is 0.259 e. The zero-order valence-electron chi connectivity index (χ0n) is 16.2. The molecule has 1 aliphatic rings. The molecule has 0 spiro atoms. The fourth-order valence-corrected chi connectivity index (χ4v) is 6.54. The van der Waals surface area contributed by atoms with Crippen LogP contribution in [-0.2, 0) is 23.4 Å². The number of aromatic amines is 1. The summed E-state index contributed by atoms with van der Waals surface area (Å²) < 4.78 is 0. The maximum atomic E-state index is 12.4. The molecule has 3 heterocycles. The van der Waals surface area contributed by atoms with E-state index in [-0.39, 0.29) is 17.2 Å². The van der Waals surface area contributed by atoms with E-state index in [1.54, 1.807) is 0 Å². The molecular formula is C20H20N4O2S3. The van der Waals surface area contributed by atoms with Crippen molar-refractivity contribution < 1.29 is 4.79 Å². The van der Waals surface area contributed by atoms with Crippen LogP contribution in [0, 0.1) is 25.2 Å². The first-order chi connectivity index (χ1) is 14.0. The number of fused-ring (bicyclic) bond motifs is 2. The van der Waals surface area contributed by atoms with Crippen molar-refractivity contribution in [2.24, 2.45) is 0 Å². The molecule has 0 fully saturated rings. The van der Waals surface area contributed by atoms with E-state index >= 15 is 0 Å². The summed E-state index contributed by atoms with van der Waals surface area (Å²) in [6.07, 6.45) is 4.14. The van der Waals surface area contributed by atoms with Crippen LogP contribution in [0.1, 0.15) is 45.1 Å². The van der Waals surface area contributed by atoms with Gasteiger partial charge in [-0.25, -0.2) is 4.98 Å². The van der Waals surface area contributed by atoms with Crippen molar-refractivity contribution in [2.75, 3.05) is 11.1 Å². The molecule has 0 atom stereocenters. The molecule has 0 saturated heterocycles. The maximum Gasteiger partial charge on any atom is 0.259 e. The van der Waals surface area contributed by atoms with Crippen molar-refractivity contribution in [3.63, 3.8) is 0 Å². The first kappa shape index (κ1) is 20.1. The van der Waals surface area contributed by atoms with Gasteiger partial charge in [0.25, 0.3) is 5.56 Å². The molecule has 0 aliphatic heterocycles. The van der Waals surface area contributed by atoms with Crippen LogP contribution in [-0.4, -0.2) is 21.6 Å². The number of aromatic nitrogens is 2. The number of nitrogens with one attached hydrogen (secondary N) is 2. The summed E-state index contributed by atoms with van der Waals surface area (Å²) in [7, 11) is 0. The number of nitrogens with zero attached hydrogens (tertiary/aromatic N) is 2. The lowest BCUT2D eigenvalue weighted by Crippen LogP contribution is -2.15. The Kier molecular flexibility index (Phi) is 5.76. The Labute approximate surface area is 180 Å². The van der Waals surface area contributed by atoms with Gasteiger partial charge in [0.2, 0.25) is 5.91 Å². The van der Waals surface area contributed by atoms with Gasteiger partial charge in [-0.05, 0) is 50.7 Å². The molecular weight excluding hydrogens is 424 g/mol. The number of carbonyl (C=O) groups excluding carboxylic acids is 1. The number of carbonyl (C=O) groups is 1. The van der Waals surface area contributed by atoms with E-state index in [0.29, 0.717) is 27.5 Å². The van der Waals surface area contributed by atoms with Crippen molar-refractivity contribution in [3.05, 3.63) is 42.6 Å². The molecule has 2 N–H and O–H groups in total. The maximum absolute atomic E-state index is 12.4. The highest BCUT2D eigenvalue weighted by atomic mass is 32.2. The molecule has 1 amide bonds. The van der Waals surface area contributed by atoms with Crippen molar-refractivity contribution in [2.45, 2.75) is 45.3 Å². The van der Waals surface area contributed by atoms with Gasteiger partial charge in [-0.2, -0.15) is 5.26 Å². The van der Waals surface area contributed by atoms with Crippen LogP contribution in [0.15, 0.2) is 4.79 Å². The van der Waals surface area contributed by atoms with Gasteiger partial charge in [0.15, 0.2) is 0 Å². The minimum atomic E-state index is -0.142. The Morgan fingerprint density at radius 1 is 1.31 bits per heavy atom. The molecule has 0 saturated carbocycles. The van der Waals surface area contributed by atoms with E-state index < -0.39 is 0 Å². The standard InChI is InChI=1S/C20H20N4O2S3/c1-10-11(2)28-20-17(10)18(26)22-15(23-20)8-27-9-16(25)24-19-13(7-21)12-5-3-4-6-14(12)29-19/h3-6,8-9H2,1-2H3,(H,24,25)(H,22,23,26). The molecule has 0 bridgehead atoms. The molecule has 1 aliphatic carbocycles. The van der Waals surface area contributed by atoms with Gasteiger partial charge < -0.3 is 10.3 Å². The summed E-state index contributed by atoms with van der Waals surface area (Å²) in [5.41, 5.74) is 2.59. The van der Waals surface area contributed by atoms with Gasteiger partial charge in [-0.1, -0.05) is 0 Å². The van der Waals surface area contributed by atoms with Crippen molar-refractivity contribution in [3.8, 4) is 6.07 Å². The minimum absolute atomic E-state index is 0.125. The molecule has 0 unspecified atom stereocenters. The zero-order chi connectivity index (χ0) is 20.5. The van der Waals surface area contributed by atoms with Crippen LogP contribution in [0.2, 0.25) is 0 Å². The van der Waals surface area contributed by atoms with E-state index in [1.165, 1.54) is 39.3 Å². The fourth-order valence-electron chi connectivity index (χ4n) is 3.54. The average Bonchev–Trinajstić information content (AvgIpc) is 3.18. The lowest BCUT2D eigenvalue weighted by molar-refractivity contribution is -0.113. The molecule has 0 aromatic carbocycles. The molecule has 3 aromatic rings. The first-order valence-electron chi connectivity index (χ1n) is 9.39. The van der Waals surface area contributed by atoms with Crippen LogP contribution < -0.4 is 10.9 Å². The number of H-pyrrole nitrogens is 1. The van der Waals surface area contributed by atoms with E-state index in [9.17, 15) is 14.9 Å². The highest BCUT2D eigenvalue weighted by molar-refractivity contribution is 7.99. The largest absolute Gasteiger partial charge is 0.316 e. The number of thiophene rings is 2. The average molecular weight is 445 g/mol. The number of nitriles is 1. The van der Waals surface area contributed by atoms with E-state index in [2.05, 4.69) is 21.4 Å². The minimum Gasteiger partial charge on any atom is -0.316 e. The summed E-state index contributed by atoms with van der Waals surface area (Å²) in [6, 6.07) is 2.26. The first-order valence-corrected chi connectivity index (χ1v) is 12.2. The summed E-state index contributed by atoms with van der Waals surface area (Å²) >= 11 is 4.44. The monoisotopic (exact) mass is 444 g/mol. The Bertz CT molecular complexity index is 1200. The molecule has 9 heteroatoms. The third-order valence-corrected chi connectivity index (χ3v) is 8.35. The molecule has 150 valence electrons. The van der Waals surface area contributed by atoms with Gasteiger partial charge >= 0.3 is 0 Å². The molecule has 6 nitrogen and oxygen atoms in total. The Balaban J connectivity index is 1.40. The van der Waals surface area contributed by atoms with E-state index in [0.717, 1.165) is 46.5 Å². The zero-order valence-corrected chi connectivity index (χ0v) is 18.6. The number of aryl methyl sites for hydroxylation is 3. The SMILES string of the molecule is Cc1sc2nc(CSCC(=O)Nc3sc4c(c3C#N)CCCC4)[nH]c(=O)c2c1C. The van der Waals surface area contributed by atoms with Crippen LogP contribution in [0.4, 0.5) is 5.00 Å². The summed E-state index contributed by atoms with van der Waals surface area (Å²) in [6.45, 7) is 3.92. The van der Waals surface area contributed by atoms with Crippen molar-refractivity contribution in [1.29, 1.82) is 5.26 Å². The summed E-state index contributed by atoms with van der Waals surface area (Å²) in [5, 5.41) is 13.7. The van der Waals surface area contributed by atoms with Gasteiger partial charge in [0, 0.05) is 9.75 Å². The second kappa shape index (κ2) is 8.30. The van der Waals surface area contributed by atoms with Crippen molar-refractivity contribution in [1.82, 2.24) is 9.97 Å². The Morgan fingerprint density at radius 2 is 2.10 bits per heavy atom. The quantitative estimate of drug-likeness (QED) is 0.612. The number of hydrogen-bond donors (Lipinski definition) is 2. The highest BCUT2D eigenvalue weighted by Crippen LogP contribution is 2.37. The number of rotatable bonds is 5. The normalized spacial score (nSPS) is 13.3. The van der Waals surface area contributed by atoms with Crippen LogP contribution in [0.3, 0.4) is 0 Å². The number of anilines is 1. The third kappa shape index (κ3) is 3.97. The lowest BCUT2D eigenvalue weighted by atomic mass is 9.96. The van der Waals surface area contributed by atoms with Gasteiger partial charge in [-0.15, -0.1) is 34.4 Å². The topological polar surface area (TPSA) is 98.6 Å². The number of amides is 1. The molecule has 3 aromatic heterocycles. The van der Waals surface area contributed by atoms with E-state index in [4.69, 9.17) is 0 Å².